The van der Waals surface area contributed by atoms with Gasteiger partial charge in [0.1, 0.15) is 5.82 Å². The van der Waals surface area contributed by atoms with Crippen molar-refractivity contribution in [1.29, 1.82) is 0 Å². The highest BCUT2D eigenvalue weighted by Gasteiger charge is 2.24. The lowest BCUT2D eigenvalue weighted by Crippen LogP contribution is -2.38. The quantitative estimate of drug-likeness (QED) is 0.850. The fraction of sp³-hybridized carbons (Fsp3) is 0.350. The minimum Gasteiger partial charge on any atom is -0.341 e. The number of benzene rings is 1. The molecule has 1 saturated heterocycles. The summed E-state index contributed by atoms with van der Waals surface area (Å²) in [7, 11) is 0. The highest BCUT2D eigenvalue weighted by molar-refractivity contribution is 5.95. The van der Waals surface area contributed by atoms with E-state index in [-0.39, 0.29) is 24.1 Å². The predicted octanol–water partition coefficient (Wildman–Crippen LogP) is 2.45. The maximum absolute atomic E-state index is 13.7. The minimum absolute atomic E-state index is 0.0138. The first-order valence-corrected chi connectivity index (χ1v) is 8.78. The standard InChI is InChI=1S/C20H22FN3O2/c1-15-17(7-4-8-18(15)21)20(26)24-11-5-10-23(12-13-24)19(25)14-16-6-2-3-9-22-16/h2-4,6-9H,5,10-14H2,1H3. The highest BCUT2D eigenvalue weighted by atomic mass is 19.1. The van der Waals surface area contributed by atoms with Crippen LogP contribution in [-0.4, -0.2) is 52.8 Å². The van der Waals surface area contributed by atoms with Crippen LogP contribution in [0.15, 0.2) is 42.6 Å². The number of carbonyl (C=O) groups is 2. The number of hydrogen-bond acceptors (Lipinski definition) is 3. The minimum atomic E-state index is -0.377. The third-order valence-electron chi connectivity index (χ3n) is 4.69. The maximum Gasteiger partial charge on any atom is 0.254 e. The van der Waals surface area contributed by atoms with Gasteiger partial charge in [0.25, 0.3) is 5.91 Å². The Balaban J connectivity index is 1.63. The van der Waals surface area contributed by atoms with Crippen molar-refractivity contribution in [3.05, 3.63) is 65.2 Å². The molecule has 2 amide bonds. The zero-order valence-electron chi connectivity index (χ0n) is 14.8. The molecule has 3 rings (SSSR count). The number of rotatable bonds is 3. The summed E-state index contributed by atoms with van der Waals surface area (Å²) in [4.78, 5) is 32.9. The van der Waals surface area contributed by atoms with E-state index in [0.717, 1.165) is 5.69 Å². The Hall–Kier alpha value is -2.76. The molecular formula is C20H22FN3O2. The van der Waals surface area contributed by atoms with Gasteiger partial charge in [0.05, 0.1) is 6.42 Å². The van der Waals surface area contributed by atoms with Crippen molar-refractivity contribution >= 4 is 11.8 Å². The fourth-order valence-corrected chi connectivity index (χ4v) is 3.15. The van der Waals surface area contributed by atoms with Crippen molar-refractivity contribution < 1.29 is 14.0 Å². The van der Waals surface area contributed by atoms with Crippen LogP contribution in [0.25, 0.3) is 0 Å². The van der Waals surface area contributed by atoms with Gasteiger partial charge in [-0.05, 0) is 43.2 Å². The van der Waals surface area contributed by atoms with Crippen molar-refractivity contribution in [3.63, 3.8) is 0 Å². The van der Waals surface area contributed by atoms with E-state index in [0.29, 0.717) is 43.7 Å². The zero-order valence-corrected chi connectivity index (χ0v) is 14.8. The molecule has 0 saturated carbocycles. The summed E-state index contributed by atoms with van der Waals surface area (Å²) in [6, 6.07) is 10.1. The maximum atomic E-state index is 13.7. The summed E-state index contributed by atoms with van der Waals surface area (Å²) in [5.74, 6) is -0.543. The van der Waals surface area contributed by atoms with Crippen molar-refractivity contribution in [2.75, 3.05) is 26.2 Å². The summed E-state index contributed by atoms with van der Waals surface area (Å²) in [5.41, 5.74) is 1.49. The second kappa shape index (κ2) is 8.08. The molecule has 5 nitrogen and oxygen atoms in total. The molecule has 0 N–H and O–H groups in total. The predicted molar refractivity (Wildman–Crippen MR) is 96.2 cm³/mol. The molecule has 1 fully saturated rings. The number of pyridine rings is 1. The number of halogens is 1. The molecule has 0 bridgehead atoms. The van der Waals surface area contributed by atoms with E-state index in [1.54, 1.807) is 35.1 Å². The molecule has 1 aliphatic heterocycles. The van der Waals surface area contributed by atoms with Crippen LogP contribution in [0.4, 0.5) is 4.39 Å². The Bertz CT molecular complexity index is 795. The third-order valence-corrected chi connectivity index (χ3v) is 4.69. The van der Waals surface area contributed by atoms with Gasteiger partial charge in [-0.1, -0.05) is 12.1 Å². The molecule has 0 atom stereocenters. The van der Waals surface area contributed by atoms with E-state index in [9.17, 15) is 14.0 Å². The van der Waals surface area contributed by atoms with Crippen LogP contribution in [0, 0.1) is 12.7 Å². The van der Waals surface area contributed by atoms with Crippen LogP contribution < -0.4 is 0 Å². The molecule has 0 aliphatic carbocycles. The molecule has 1 aromatic carbocycles. The number of nitrogens with zero attached hydrogens (tertiary/aromatic N) is 3. The average molecular weight is 355 g/mol. The first-order chi connectivity index (χ1) is 12.6. The van der Waals surface area contributed by atoms with E-state index in [4.69, 9.17) is 0 Å². The molecule has 136 valence electrons. The molecule has 2 heterocycles. The smallest absolute Gasteiger partial charge is 0.254 e. The topological polar surface area (TPSA) is 53.5 Å². The highest BCUT2D eigenvalue weighted by Crippen LogP contribution is 2.16. The number of aromatic nitrogens is 1. The fourth-order valence-electron chi connectivity index (χ4n) is 3.15. The Kier molecular flexibility index (Phi) is 5.61. The Labute approximate surface area is 152 Å². The summed E-state index contributed by atoms with van der Waals surface area (Å²) < 4.78 is 13.7. The van der Waals surface area contributed by atoms with Gasteiger partial charge in [-0.25, -0.2) is 4.39 Å². The first kappa shape index (κ1) is 18.0. The summed E-state index contributed by atoms with van der Waals surface area (Å²) in [5, 5.41) is 0. The van der Waals surface area contributed by atoms with E-state index in [1.807, 2.05) is 18.2 Å². The number of hydrogen-bond donors (Lipinski definition) is 0. The van der Waals surface area contributed by atoms with Gasteiger partial charge in [-0.2, -0.15) is 0 Å². The van der Waals surface area contributed by atoms with Gasteiger partial charge < -0.3 is 9.80 Å². The van der Waals surface area contributed by atoms with Gasteiger partial charge in [-0.15, -0.1) is 0 Å². The molecule has 26 heavy (non-hydrogen) atoms. The van der Waals surface area contributed by atoms with E-state index in [2.05, 4.69) is 4.98 Å². The van der Waals surface area contributed by atoms with Crippen LogP contribution in [0.1, 0.15) is 28.0 Å². The van der Waals surface area contributed by atoms with E-state index in [1.165, 1.54) is 6.07 Å². The number of carbonyl (C=O) groups excluding carboxylic acids is 2. The van der Waals surface area contributed by atoms with Crippen molar-refractivity contribution in [3.8, 4) is 0 Å². The lowest BCUT2D eigenvalue weighted by atomic mass is 10.1. The molecule has 0 radical (unpaired) electrons. The first-order valence-electron chi connectivity index (χ1n) is 8.78. The molecular weight excluding hydrogens is 333 g/mol. The van der Waals surface area contributed by atoms with Gasteiger partial charge in [0.15, 0.2) is 0 Å². The Morgan fingerprint density at radius 3 is 2.58 bits per heavy atom. The Morgan fingerprint density at radius 1 is 1.04 bits per heavy atom. The zero-order chi connectivity index (χ0) is 18.5. The van der Waals surface area contributed by atoms with Crippen LogP contribution in [0.2, 0.25) is 0 Å². The Morgan fingerprint density at radius 2 is 1.81 bits per heavy atom. The third kappa shape index (κ3) is 4.07. The van der Waals surface area contributed by atoms with Crippen molar-refractivity contribution in [1.82, 2.24) is 14.8 Å². The van der Waals surface area contributed by atoms with Crippen molar-refractivity contribution in [2.45, 2.75) is 19.8 Å². The lowest BCUT2D eigenvalue weighted by Gasteiger charge is -2.23. The molecule has 0 unspecified atom stereocenters. The summed E-state index contributed by atoms with van der Waals surface area (Å²) >= 11 is 0. The molecule has 0 spiro atoms. The molecule has 6 heteroatoms. The molecule has 1 aliphatic rings. The average Bonchev–Trinajstić information content (AvgIpc) is 2.90. The monoisotopic (exact) mass is 355 g/mol. The van der Waals surface area contributed by atoms with Crippen LogP contribution in [-0.2, 0) is 11.2 Å². The summed E-state index contributed by atoms with van der Waals surface area (Å²) in [6.45, 7) is 3.71. The SMILES string of the molecule is Cc1c(F)cccc1C(=O)N1CCCN(C(=O)Cc2ccccn2)CC1. The van der Waals surface area contributed by atoms with Crippen LogP contribution in [0.3, 0.4) is 0 Å². The molecule has 2 aromatic rings. The van der Waals surface area contributed by atoms with E-state index < -0.39 is 0 Å². The van der Waals surface area contributed by atoms with Gasteiger partial charge in [0.2, 0.25) is 5.91 Å². The number of amides is 2. The normalized spacial score (nSPS) is 14.8. The second-order valence-electron chi connectivity index (χ2n) is 6.44. The van der Waals surface area contributed by atoms with Crippen molar-refractivity contribution in [2.24, 2.45) is 0 Å². The van der Waals surface area contributed by atoms with Crippen LogP contribution >= 0.6 is 0 Å². The largest absolute Gasteiger partial charge is 0.341 e. The molecule has 1 aromatic heterocycles. The van der Waals surface area contributed by atoms with Gasteiger partial charge in [0, 0.05) is 43.6 Å². The van der Waals surface area contributed by atoms with Crippen LogP contribution in [0.5, 0.6) is 0 Å². The van der Waals surface area contributed by atoms with E-state index >= 15 is 0 Å². The second-order valence-corrected chi connectivity index (χ2v) is 6.44. The lowest BCUT2D eigenvalue weighted by molar-refractivity contribution is -0.130. The van der Waals surface area contributed by atoms with Gasteiger partial charge in [-0.3, -0.25) is 14.6 Å². The summed E-state index contributed by atoms with van der Waals surface area (Å²) in [6.07, 6.45) is 2.64. The van der Waals surface area contributed by atoms with Gasteiger partial charge >= 0.3 is 0 Å².